The van der Waals surface area contributed by atoms with E-state index in [2.05, 4.69) is 5.32 Å². The van der Waals surface area contributed by atoms with E-state index in [1.54, 1.807) is 18.2 Å². The lowest BCUT2D eigenvalue weighted by Crippen LogP contribution is -2.23. The minimum Gasteiger partial charge on any atom is -0.496 e. The number of methoxy groups -OCH3 is 1. The third-order valence-corrected chi connectivity index (χ3v) is 3.34. The van der Waals surface area contributed by atoms with Crippen LogP contribution in [0.25, 0.3) is 0 Å². The Balaban J connectivity index is 2.11. The first-order valence-corrected chi connectivity index (χ1v) is 6.66. The van der Waals surface area contributed by atoms with Gasteiger partial charge in [-0.2, -0.15) is 0 Å². The van der Waals surface area contributed by atoms with Crippen molar-refractivity contribution in [3.63, 3.8) is 0 Å². The Morgan fingerprint density at radius 3 is 2.70 bits per heavy atom. The lowest BCUT2D eigenvalue weighted by atomic mass is 10.1. The first-order valence-electron chi connectivity index (χ1n) is 6.28. The Kier molecular flexibility index (Phi) is 4.64. The summed E-state index contributed by atoms with van der Waals surface area (Å²) >= 11 is 5.88. The fourth-order valence-corrected chi connectivity index (χ4v) is 2.09. The zero-order chi connectivity index (χ0) is 14.5. The van der Waals surface area contributed by atoms with Crippen molar-refractivity contribution in [2.45, 2.75) is 13.5 Å². The number of aryl methyl sites for hydroxylation is 1. The van der Waals surface area contributed by atoms with Gasteiger partial charge < -0.3 is 10.1 Å². The summed E-state index contributed by atoms with van der Waals surface area (Å²) in [6, 6.07) is 12.9. The van der Waals surface area contributed by atoms with E-state index in [0.717, 1.165) is 11.1 Å². The van der Waals surface area contributed by atoms with Gasteiger partial charge in [-0.1, -0.05) is 35.9 Å². The maximum Gasteiger partial charge on any atom is 0.255 e. The highest BCUT2D eigenvalue weighted by molar-refractivity contribution is 6.30. The first kappa shape index (κ1) is 14.4. The predicted molar refractivity (Wildman–Crippen MR) is 80.4 cm³/mol. The van der Waals surface area contributed by atoms with Crippen molar-refractivity contribution >= 4 is 17.5 Å². The van der Waals surface area contributed by atoms with Crippen LogP contribution in [0.15, 0.2) is 42.5 Å². The molecule has 2 aromatic rings. The molecule has 3 nitrogen and oxygen atoms in total. The highest BCUT2D eigenvalue weighted by Gasteiger charge is 2.12. The SMILES string of the molecule is COc1cc(Cl)ccc1C(=O)NCc1ccccc1C. The maximum absolute atomic E-state index is 12.2. The topological polar surface area (TPSA) is 38.3 Å². The van der Waals surface area contributed by atoms with E-state index in [1.807, 2.05) is 31.2 Å². The molecule has 0 aliphatic heterocycles. The van der Waals surface area contributed by atoms with Crippen LogP contribution in [0.2, 0.25) is 5.02 Å². The second-order valence-electron chi connectivity index (χ2n) is 4.45. The number of hydrogen-bond acceptors (Lipinski definition) is 2. The average Bonchev–Trinajstić information content (AvgIpc) is 2.46. The van der Waals surface area contributed by atoms with Crippen LogP contribution in [-0.4, -0.2) is 13.0 Å². The van der Waals surface area contributed by atoms with E-state index in [0.29, 0.717) is 22.9 Å². The van der Waals surface area contributed by atoms with Crippen LogP contribution < -0.4 is 10.1 Å². The van der Waals surface area contributed by atoms with Crippen molar-refractivity contribution in [1.82, 2.24) is 5.32 Å². The van der Waals surface area contributed by atoms with Gasteiger partial charge in [0, 0.05) is 11.6 Å². The van der Waals surface area contributed by atoms with Crippen LogP contribution in [0.1, 0.15) is 21.5 Å². The van der Waals surface area contributed by atoms with E-state index in [9.17, 15) is 4.79 Å². The second-order valence-corrected chi connectivity index (χ2v) is 4.89. The molecule has 4 heteroatoms. The molecule has 2 rings (SSSR count). The number of nitrogens with one attached hydrogen (secondary N) is 1. The van der Waals surface area contributed by atoms with E-state index in [1.165, 1.54) is 7.11 Å². The van der Waals surface area contributed by atoms with E-state index in [-0.39, 0.29) is 5.91 Å². The summed E-state index contributed by atoms with van der Waals surface area (Å²) in [4.78, 5) is 12.2. The van der Waals surface area contributed by atoms with Crippen molar-refractivity contribution in [1.29, 1.82) is 0 Å². The monoisotopic (exact) mass is 289 g/mol. The van der Waals surface area contributed by atoms with Crippen molar-refractivity contribution in [2.24, 2.45) is 0 Å². The van der Waals surface area contributed by atoms with Crippen molar-refractivity contribution < 1.29 is 9.53 Å². The van der Waals surface area contributed by atoms with Crippen LogP contribution in [0.4, 0.5) is 0 Å². The molecule has 0 aliphatic carbocycles. The Bertz CT molecular complexity index is 626. The van der Waals surface area contributed by atoms with Crippen LogP contribution in [0.5, 0.6) is 5.75 Å². The third kappa shape index (κ3) is 3.31. The molecule has 1 amide bonds. The molecular weight excluding hydrogens is 274 g/mol. The normalized spacial score (nSPS) is 10.2. The van der Waals surface area contributed by atoms with Crippen LogP contribution in [0.3, 0.4) is 0 Å². The number of rotatable bonds is 4. The summed E-state index contributed by atoms with van der Waals surface area (Å²) in [5.41, 5.74) is 2.72. The Labute approximate surface area is 123 Å². The zero-order valence-electron chi connectivity index (χ0n) is 11.4. The molecule has 1 N–H and O–H groups in total. The van der Waals surface area contributed by atoms with E-state index < -0.39 is 0 Å². The quantitative estimate of drug-likeness (QED) is 0.934. The fourth-order valence-electron chi connectivity index (χ4n) is 1.93. The van der Waals surface area contributed by atoms with E-state index >= 15 is 0 Å². The minimum atomic E-state index is -0.179. The number of halogens is 1. The maximum atomic E-state index is 12.2. The standard InChI is InChI=1S/C16H16ClNO2/c1-11-5-3-4-6-12(11)10-18-16(19)14-8-7-13(17)9-15(14)20-2/h3-9H,10H2,1-2H3,(H,18,19). The van der Waals surface area contributed by atoms with Gasteiger partial charge in [-0.25, -0.2) is 0 Å². The smallest absolute Gasteiger partial charge is 0.255 e. The Morgan fingerprint density at radius 1 is 1.25 bits per heavy atom. The Morgan fingerprint density at radius 2 is 2.00 bits per heavy atom. The number of carbonyl (C=O) groups excluding carboxylic acids is 1. The average molecular weight is 290 g/mol. The number of carbonyl (C=O) groups is 1. The van der Waals surface area contributed by atoms with Crippen molar-refractivity contribution in [3.05, 3.63) is 64.2 Å². The molecule has 0 bridgehead atoms. The molecule has 0 radical (unpaired) electrons. The van der Waals surface area contributed by atoms with Gasteiger partial charge in [0.1, 0.15) is 5.75 Å². The summed E-state index contributed by atoms with van der Waals surface area (Å²) in [5.74, 6) is 0.293. The number of ether oxygens (including phenoxy) is 1. The van der Waals surface area contributed by atoms with Crippen LogP contribution >= 0.6 is 11.6 Å². The second kappa shape index (κ2) is 6.44. The number of benzene rings is 2. The molecule has 20 heavy (non-hydrogen) atoms. The van der Waals surface area contributed by atoms with Crippen molar-refractivity contribution in [2.75, 3.05) is 7.11 Å². The lowest BCUT2D eigenvalue weighted by Gasteiger charge is -2.11. The molecule has 0 fully saturated rings. The van der Waals surface area contributed by atoms with Gasteiger partial charge in [-0.15, -0.1) is 0 Å². The molecule has 0 aromatic heterocycles. The zero-order valence-corrected chi connectivity index (χ0v) is 12.2. The molecule has 0 saturated carbocycles. The predicted octanol–water partition coefficient (Wildman–Crippen LogP) is 3.59. The Hall–Kier alpha value is -2.00. The molecule has 0 saturated heterocycles. The largest absolute Gasteiger partial charge is 0.496 e. The molecular formula is C16H16ClNO2. The summed E-state index contributed by atoms with van der Waals surface area (Å²) in [7, 11) is 1.52. The third-order valence-electron chi connectivity index (χ3n) is 3.11. The van der Waals surface area contributed by atoms with Gasteiger partial charge in [-0.3, -0.25) is 4.79 Å². The van der Waals surface area contributed by atoms with Gasteiger partial charge in [-0.05, 0) is 36.2 Å². The fraction of sp³-hybridized carbons (Fsp3) is 0.188. The van der Waals surface area contributed by atoms with Gasteiger partial charge >= 0.3 is 0 Å². The molecule has 0 atom stereocenters. The molecule has 0 spiro atoms. The van der Waals surface area contributed by atoms with Gasteiger partial charge in [0.05, 0.1) is 12.7 Å². The number of amides is 1. The van der Waals surface area contributed by atoms with Gasteiger partial charge in [0.15, 0.2) is 0 Å². The minimum absolute atomic E-state index is 0.179. The highest BCUT2D eigenvalue weighted by Crippen LogP contribution is 2.23. The number of hydrogen-bond donors (Lipinski definition) is 1. The summed E-state index contributed by atoms with van der Waals surface area (Å²) in [6.07, 6.45) is 0. The molecule has 104 valence electrons. The summed E-state index contributed by atoms with van der Waals surface area (Å²) in [6.45, 7) is 2.50. The highest BCUT2D eigenvalue weighted by atomic mass is 35.5. The van der Waals surface area contributed by atoms with Crippen LogP contribution in [0, 0.1) is 6.92 Å². The molecule has 0 heterocycles. The van der Waals surface area contributed by atoms with Gasteiger partial charge in [0.2, 0.25) is 0 Å². The first-order chi connectivity index (χ1) is 9.61. The molecule has 0 aliphatic rings. The van der Waals surface area contributed by atoms with Gasteiger partial charge in [0.25, 0.3) is 5.91 Å². The molecule has 2 aromatic carbocycles. The lowest BCUT2D eigenvalue weighted by molar-refractivity contribution is 0.0948. The van der Waals surface area contributed by atoms with E-state index in [4.69, 9.17) is 16.3 Å². The van der Waals surface area contributed by atoms with Crippen LogP contribution in [-0.2, 0) is 6.54 Å². The molecule has 0 unspecified atom stereocenters. The summed E-state index contributed by atoms with van der Waals surface area (Å²) in [5, 5.41) is 3.43. The summed E-state index contributed by atoms with van der Waals surface area (Å²) < 4.78 is 5.18. The van der Waals surface area contributed by atoms with Crippen molar-refractivity contribution in [3.8, 4) is 5.75 Å².